The van der Waals surface area contributed by atoms with Crippen LogP contribution in [0, 0.1) is 0 Å². The zero-order valence-corrected chi connectivity index (χ0v) is 18.4. The van der Waals surface area contributed by atoms with Gasteiger partial charge in [-0.1, -0.05) is 13.8 Å². The summed E-state index contributed by atoms with van der Waals surface area (Å²) >= 11 is 0. The monoisotopic (exact) mass is 434 g/mol. The second kappa shape index (κ2) is 11.6. The van der Waals surface area contributed by atoms with Crippen LogP contribution < -0.4 is 10.6 Å². The van der Waals surface area contributed by atoms with Gasteiger partial charge in [0.15, 0.2) is 0 Å². The fourth-order valence-corrected chi connectivity index (χ4v) is 4.54. The van der Waals surface area contributed by atoms with Crippen LogP contribution >= 0.6 is 12.4 Å². The Bertz CT molecular complexity index is 735. The number of carbonyl (C=O) groups excluding carboxylic acids is 1. The lowest BCUT2D eigenvalue weighted by Crippen LogP contribution is -2.46. The molecule has 1 fully saturated rings. The van der Waals surface area contributed by atoms with Crippen LogP contribution in [0.15, 0.2) is 23.1 Å². The summed E-state index contributed by atoms with van der Waals surface area (Å²) in [5, 5.41) is 6.39. The standard InChI is InChI=1S/C18H30N4O4S.ClH/c1-4-22(5-2)27(24,25)15-6-7-17(20-10-13-26-3)16(14-15)18(23)21-11-8-19-9-12-21;/h6-7,14,19-20H,4-5,8-13H2,1-3H3;1H. The largest absolute Gasteiger partial charge is 0.383 e. The molecule has 2 rings (SSSR count). The average molecular weight is 435 g/mol. The van der Waals surface area contributed by atoms with Gasteiger partial charge >= 0.3 is 0 Å². The summed E-state index contributed by atoms with van der Waals surface area (Å²) in [5.74, 6) is -0.159. The van der Waals surface area contributed by atoms with Gasteiger partial charge in [-0.15, -0.1) is 12.4 Å². The van der Waals surface area contributed by atoms with Gasteiger partial charge in [0.1, 0.15) is 0 Å². The highest BCUT2D eigenvalue weighted by Gasteiger charge is 2.26. The van der Waals surface area contributed by atoms with E-state index in [1.54, 1.807) is 38.0 Å². The quantitative estimate of drug-likeness (QED) is 0.568. The maximum absolute atomic E-state index is 13.1. The van der Waals surface area contributed by atoms with Crippen LogP contribution in [0.1, 0.15) is 24.2 Å². The molecule has 1 heterocycles. The maximum atomic E-state index is 13.1. The van der Waals surface area contributed by atoms with E-state index in [1.807, 2.05) is 0 Å². The van der Waals surface area contributed by atoms with Gasteiger partial charge in [0.25, 0.3) is 5.91 Å². The van der Waals surface area contributed by atoms with Crippen molar-refractivity contribution in [2.24, 2.45) is 0 Å². The number of nitrogens with one attached hydrogen (secondary N) is 2. The Labute approximate surface area is 174 Å². The minimum atomic E-state index is -3.63. The van der Waals surface area contributed by atoms with E-state index in [2.05, 4.69) is 10.6 Å². The number of sulfonamides is 1. The lowest BCUT2D eigenvalue weighted by Gasteiger charge is -2.28. The van der Waals surface area contributed by atoms with E-state index >= 15 is 0 Å². The van der Waals surface area contributed by atoms with Gasteiger partial charge in [0.2, 0.25) is 10.0 Å². The van der Waals surface area contributed by atoms with Crippen molar-refractivity contribution in [1.82, 2.24) is 14.5 Å². The third-order valence-electron chi connectivity index (χ3n) is 4.59. The number of hydrogen-bond acceptors (Lipinski definition) is 6. The molecule has 0 aromatic heterocycles. The molecule has 1 aromatic carbocycles. The zero-order valence-electron chi connectivity index (χ0n) is 16.7. The van der Waals surface area contributed by atoms with E-state index in [0.29, 0.717) is 50.6 Å². The summed E-state index contributed by atoms with van der Waals surface area (Å²) < 4.78 is 32.2. The highest BCUT2D eigenvalue weighted by Crippen LogP contribution is 2.24. The first-order chi connectivity index (χ1) is 13.0. The Kier molecular flexibility index (Phi) is 10.2. The molecule has 0 bridgehead atoms. The molecule has 2 N–H and O–H groups in total. The lowest BCUT2D eigenvalue weighted by molar-refractivity contribution is 0.0736. The van der Waals surface area contributed by atoms with Crippen LogP contribution in [0.5, 0.6) is 0 Å². The maximum Gasteiger partial charge on any atom is 0.256 e. The lowest BCUT2D eigenvalue weighted by atomic mass is 10.1. The Balaban J connectivity index is 0.00000392. The number of methoxy groups -OCH3 is 1. The molecule has 1 amide bonds. The van der Waals surface area contributed by atoms with Crippen molar-refractivity contribution in [1.29, 1.82) is 0 Å². The Morgan fingerprint density at radius 1 is 1.25 bits per heavy atom. The van der Waals surface area contributed by atoms with Crippen LogP contribution in [-0.2, 0) is 14.8 Å². The highest BCUT2D eigenvalue weighted by molar-refractivity contribution is 7.89. The van der Waals surface area contributed by atoms with Crippen LogP contribution in [0.25, 0.3) is 0 Å². The molecule has 0 aliphatic carbocycles. The molecule has 160 valence electrons. The molecule has 10 heteroatoms. The Morgan fingerprint density at radius 2 is 1.89 bits per heavy atom. The van der Waals surface area contributed by atoms with E-state index in [0.717, 1.165) is 13.1 Å². The van der Waals surface area contributed by atoms with Crippen LogP contribution in [-0.4, -0.2) is 83.1 Å². The van der Waals surface area contributed by atoms with Crippen molar-refractivity contribution in [2.75, 3.05) is 64.8 Å². The van der Waals surface area contributed by atoms with Gasteiger partial charge in [-0.25, -0.2) is 8.42 Å². The van der Waals surface area contributed by atoms with Crippen molar-refractivity contribution < 1.29 is 17.9 Å². The number of hydrogen-bond donors (Lipinski definition) is 2. The second-order valence-electron chi connectivity index (χ2n) is 6.26. The van der Waals surface area contributed by atoms with Crippen molar-refractivity contribution in [3.05, 3.63) is 23.8 Å². The summed E-state index contributed by atoms with van der Waals surface area (Å²) in [7, 11) is -2.03. The summed E-state index contributed by atoms with van der Waals surface area (Å²) in [4.78, 5) is 15.0. The molecule has 0 spiro atoms. The number of benzene rings is 1. The van der Waals surface area contributed by atoms with Gasteiger partial charge in [0, 0.05) is 58.6 Å². The molecular weight excluding hydrogens is 404 g/mol. The third-order valence-corrected chi connectivity index (χ3v) is 6.64. The smallest absolute Gasteiger partial charge is 0.256 e. The molecule has 0 saturated carbocycles. The minimum absolute atomic E-state index is 0. The van der Waals surface area contributed by atoms with Crippen LogP contribution in [0.2, 0.25) is 0 Å². The average Bonchev–Trinajstić information content (AvgIpc) is 2.69. The third kappa shape index (κ3) is 5.81. The van der Waals surface area contributed by atoms with Gasteiger partial charge in [-0.05, 0) is 18.2 Å². The summed E-state index contributed by atoms with van der Waals surface area (Å²) in [6.07, 6.45) is 0. The fraction of sp³-hybridized carbons (Fsp3) is 0.611. The Hall–Kier alpha value is -1.39. The second-order valence-corrected chi connectivity index (χ2v) is 8.20. The molecule has 1 aliphatic rings. The van der Waals surface area contributed by atoms with Gasteiger partial charge < -0.3 is 20.3 Å². The number of amides is 1. The topological polar surface area (TPSA) is 91.0 Å². The first-order valence-electron chi connectivity index (χ1n) is 9.32. The minimum Gasteiger partial charge on any atom is -0.383 e. The Morgan fingerprint density at radius 3 is 2.46 bits per heavy atom. The zero-order chi connectivity index (χ0) is 19.9. The van der Waals surface area contributed by atoms with Crippen molar-refractivity contribution in [3.8, 4) is 0 Å². The molecule has 8 nitrogen and oxygen atoms in total. The molecule has 0 atom stereocenters. The first kappa shape index (κ1) is 24.6. The molecule has 1 saturated heterocycles. The van der Waals surface area contributed by atoms with Crippen LogP contribution in [0.4, 0.5) is 5.69 Å². The summed E-state index contributed by atoms with van der Waals surface area (Å²) in [5.41, 5.74) is 0.996. The number of anilines is 1. The number of ether oxygens (including phenoxy) is 1. The van der Waals surface area contributed by atoms with Crippen molar-refractivity contribution in [2.45, 2.75) is 18.7 Å². The van der Waals surface area contributed by atoms with Crippen LogP contribution in [0.3, 0.4) is 0 Å². The van der Waals surface area contributed by atoms with E-state index < -0.39 is 10.0 Å². The molecule has 1 aromatic rings. The number of halogens is 1. The van der Waals surface area contributed by atoms with Crippen molar-refractivity contribution >= 4 is 34.0 Å². The number of piperazine rings is 1. The molecule has 28 heavy (non-hydrogen) atoms. The van der Waals surface area contributed by atoms with Gasteiger partial charge in [0.05, 0.1) is 17.1 Å². The normalized spacial score (nSPS) is 14.6. The van der Waals surface area contributed by atoms with Gasteiger partial charge in [-0.3, -0.25) is 4.79 Å². The first-order valence-corrected chi connectivity index (χ1v) is 10.8. The van der Waals surface area contributed by atoms with E-state index in [4.69, 9.17) is 4.74 Å². The SMILES string of the molecule is CCN(CC)S(=O)(=O)c1ccc(NCCOC)c(C(=O)N2CCNCC2)c1.Cl. The van der Waals surface area contributed by atoms with E-state index in [9.17, 15) is 13.2 Å². The highest BCUT2D eigenvalue weighted by atomic mass is 35.5. The number of nitrogens with zero attached hydrogens (tertiary/aromatic N) is 2. The number of carbonyl (C=O) groups is 1. The van der Waals surface area contributed by atoms with Crippen molar-refractivity contribution in [3.63, 3.8) is 0 Å². The summed E-state index contributed by atoms with van der Waals surface area (Å²) in [6, 6.07) is 4.71. The molecule has 0 radical (unpaired) electrons. The predicted octanol–water partition coefficient (Wildman–Crippen LogP) is 1.24. The van der Waals surface area contributed by atoms with Gasteiger partial charge in [-0.2, -0.15) is 4.31 Å². The molecule has 0 unspecified atom stereocenters. The summed E-state index contributed by atoms with van der Waals surface area (Å²) in [6.45, 7) is 8.05. The van der Waals surface area contributed by atoms with E-state index in [1.165, 1.54) is 10.4 Å². The fourth-order valence-electron chi connectivity index (χ4n) is 3.05. The molecular formula is C18H31ClN4O4S. The molecule has 1 aliphatic heterocycles. The predicted molar refractivity (Wildman–Crippen MR) is 113 cm³/mol. The number of rotatable bonds is 9. The van der Waals surface area contributed by atoms with E-state index in [-0.39, 0.29) is 23.2 Å².